The number of nitrogens with zero attached hydrogens (tertiary/aromatic N) is 2. The van der Waals surface area contributed by atoms with Crippen LogP contribution < -0.4 is 5.32 Å². The first kappa shape index (κ1) is 23.9. The summed E-state index contributed by atoms with van der Waals surface area (Å²) >= 11 is 1.59. The summed E-state index contributed by atoms with van der Waals surface area (Å²) in [7, 11) is 0. The van der Waals surface area contributed by atoms with E-state index in [0.29, 0.717) is 31.9 Å². The van der Waals surface area contributed by atoms with E-state index in [1.54, 1.807) is 22.3 Å². The molecular weight excluding hydrogens is 453 g/mol. The van der Waals surface area contributed by atoms with E-state index < -0.39 is 11.8 Å². The van der Waals surface area contributed by atoms with E-state index in [0.717, 1.165) is 23.3 Å². The van der Waals surface area contributed by atoms with Crippen LogP contribution in [0.25, 0.3) is 0 Å². The molecule has 3 amide bonds. The van der Waals surface area contributed by atoms with Gasteiger partial charge in [0.05, 0.1) is 12.6 Å². The van der Waals surface area contributed by atoms with Crippen LogP contribution in [0.2, 0.25) is 0 Å². The van der Waals surface area contributed by atoms with Gasteiger partial charge < -0.3 is 19.9 Å². The predicted octanol–water partition coefficient (Wildman–Crippen LogP) is 5.13. The molecule has 0 bridgehead atoms. The van der Waals surface area contributed by atoms with Gasteiger partial charge in [0.1, 0.15) is 12.4 Å². The number of anilines is 1. The van der Waals surface area contributed by atoms with Crippen molar-refractivity contribution >= 4 is 29.0 Å². The zero-order chi connectivity index (χ0) is 23.8. The summed E-state index contributed by atoms with van der Waals surface area (Å²) in [5.74, 6) is -0.603. The van der Waals surface area contributed by atoms with E-state index in [1.165, 1.54) is 23.1 Å². The summed E-state index contributed by atoms with van der Waals surface area (Å²) in [6.45, 7) is 1.75. The van der Waals surface area contributed by atoms with Crippen LogP contribution in [0.1, 0.15) is 23.3 Å². The molecule has 8 heteroatoms. The largest absolute Gasteiger partial charge is 0.376 e. The van der Waals surface area contributed by atoms with Gasteiger partial charge in [-0.05, 0) is 48.1 Å². The van der Waals surface area contributed by atoms with E-state index in [-0.39, 0.29) is 18.6 Å². The molecule has 1 fully saturated rings. The van der Waals surface area contributed by atoms with Crippen LogP contribution in [-0.4, -0.2) is 47.5 Å². The molecule has 0 radical (unpaired) electrons. The van der Waals surface area contributed by atoms with Crippen LogP contribution in [0.3, 0.4) is 0 Å². The number of nitrogens with one attached hydrogen (secondary N) is 1. The van der Waals surface area contributed by atoms with Gasteiger partial charge in [0.15, 0.2) is 0 Å². The lowest BCUT2D eigenvalue weighted by Gasteiger charge is -2.29. The van der Waals surface area contributed by atoms with Crippen molar-refractivity contribution in [3.63, 3.8) is 0 Å². The Kier molecular flexibility index (Phi) is 8.27. The maximum absolute atomic E-state index is 13.6. The zero-order valence-corrected chi connectivity index (χ0v) is 19.7. The minimum absolute atomic E-state index is 0.0980. The van der Waals surface area contributed by atoms with Gasteiger partial charge in [0.2, 0.25) is 5.91 Å². The third kappa shape index (κ3) is 6.88. The third-order valence-corrected chi connectivity index (χ3v) is 6.49. The van der Waals surface area contributed by atoms with Crippen molar-refractivity contribution in [1.82, 2.24) is 9.80 Å². The average molecular weight is 482 g/mol. The number of ether oxygens (including phenoxy) is 1. The van der Waals surface area contributed by atoms with Crippen LogP contribution >= 0.6 is 11.3 Å². The lowest BCUT2D eigenvalue weighted by molar-refractivity contribution is -0.133. The molecule has 6 nitrogen and oxygen atoms in total. The molecule has 3 aromatic rings. The molecule has 0 saturated carbocycles. The van der Waals surface area contributed by atoms with E-state index >= 15 is 0 Å². The molecule has 4 rings (SSSR count). The molecule has 1 aromatic heterocycles. The van der Waals surface area contributed by atoms with Crippen LogP contribution in [0, 0.1) is 5.82 Å². The Labute approximate surface area is 203 Å². The number of rotatable bonds is 9. The summed E-state index contributed by atoms with van der Waals surface area (Å²) in [6, 6.07) is 19.0. The fraction of sp³-hybridized carbons (Fsp3) is 0.308. The van der Waals surface area contributed by atoms with Gasteiger partial charge in [0.25, 0.3) is 0 Å². The van der Waals surface area contributed by atoms with Gasteiger partial charge in [-0.25, -0.2) is 9.18 Å². The Morgan fingerprint density at radius 2 is 1.88 bits per heavy atom. The Bertz CT molecular complexity index is 1070. The topological polar surface area (TPSA) is 61.9 Å². The molecule has 1 unspecified atom stereocenters. The Morgan fingerprint density at radius 1 is 1.03 bits per heavy atom. The minimum atomic E-state index is -0.453. The van der Waals surface area contributed by atoms with Crippen LogP contribution in [0.5, 0.6) is 0 Å². The number of carbonyl (C=O) groups is 2. The highest BCUT2D eigenvalue weighted by Gasteiger charge is 2.27. The molecule has 0 aliphatic carbocycles. The first-order valence-electron chi connectivity index (χ1n) is 11.3. The normalized spacial score (nSPS) is 15.1. The summed E-state index contributed by atoms with van der Waals surface area (Å²) in [5.41, 5.74) is 1.36. The minimum Gasteiger partial charge on any atom is -0.376 e. The van der Waals surface area contributed by atoms with Gasteiger partial charge >= 0.3 is 6.03 Å². The number of benzene rings is 2. The standard InChI is InChI=1S/C26H28FN3O3S/c27-21-9-4-10-22(15-21)28-26(32)30(17-23-11-5-13-33-23)19-25(31)29(18-24-12-6-14-34-24)16-20-7-2-1-3-8-20/h1-4,6-10,12,14-15,23H,5,11,13,16-19H2,(H,28,32). The highest BCUT2D eigenvalue weighted by Crippen LogP contribution is 2.18. The number of urea groups is 1. The van der Waals surface area contributed by atoms with Crippen molar-refractivity contribution < 1.29 is 18.7 Å². The fourth-order valence-electron chi connectivity index (χ4n) is 3.91. The second kappa shape index (κ2) is 11.8. The highest BCUT2D eigenvalue weighted by atomic mass is 32.1. The number of amides is 3. The molecule has 0 spiro atoms. The number of carbonyl (C=O) groups excluding carboxylic acids is 2. The molecule has 2 aromatic carbocycles. The summed E-state index contributed by atoms with van der Waals surface area (Å²) in [5, 5.41) is 4.70. The SMILES string of the molecule is O=C(CN(CC1CCCO1)C(=O)Nc1cccc(F)c1)N(Cc1ccccc1)Cc1cccs1. The molecule has 1 atom stereocenters. The molecule has 178 valence electrons. The summed E-state index contributed by atoms with van der Waals surface area (Å²) in [4.78, 5) is 30.9. The van der Waals surface area contributed by atoms with Crippen molar-refractivity contribution in [3.8, 4) is 0 Å². The van der Waals surface area contributed by atoms with Gasteiger partial charge in [-0.3, -0.25) is 4.79 Å². The van der Waals surface area contributed by atoms with Gasteiger partial charge in [-0.2, -0.15) is 0 Å². The average Bonchev–Trinajstić information content (AvgIpc) is 3.53. The smallest absolute Gasteiger partial charge is 0.322 e. The van der Waals surface area contributed by atoms with E-state index in [2.05, 4.69) is 5.32 Å². The van der Waals surface area contributed by atoms with Crippen LogP contribution in [-0.2, 0) is 22.6 Å². The van der Waals surface area contributed by atoms with Crippen molar-refractivity contribution in [2.45, 2.75) is 32.0 Å². The number of hydrogen-bond acceptors (Lipinski definition) is 4. The maximum Gasteiger partial charge on any atom is 0.322 e. The molecular formula is C26H28FN3O3S. The first-order valence-corrected chi connectivity index (χ1v) is 12.2. The number of thiophene rings is 1. The number of halogens is 1. The van der Waals surface area contributed by atoms with E-state index in [1.807, 2.05) is 47.8 Å². The zero-order valence-electron chi connectivity index (χ0n) is 18.9. The second-order valence-corrected chi connectivity index (χ2v) is 9.30. The maximum atomic E-state index is 13.6. The van der Waals surface area contributed by atoms with Crippen molar-refractivity contribution in [1.29, 1.82) is 0 Å². The highest BCUT2D eigenvalue weighted by molar-refractivity contribution is 7.09. The lowest BCUT2D eigenvalue weighted by Crippen LogP contribution is -2.46. The lowest BCUT2D eigenvalue weighted by atomic mass is 10.2. The van der Waals surface area contributed by atoms with Crippen LogP contribution in [0.15, 0.2) is 72.1 Å². The van der Waals surface area contributed by atoms with E-state index in [9.17, 15) is 14.0 Å². The molecule has 1 N–H and O–H groups in total. The Balaban J connectivity index is 1.50. The second-order valence-electron chi connectivity index (χ2n) is 8.27. The summed E-state index contributed by atoms with van der Waals surface area (Å²) in [6.07, 6.45) is 1.64. The van der Waals surface area contributed by atoms with Crippen molar-refractivity contribution in [2.24, 2.45) is 0 Å². The monoisotopic (exact) mass is 481 g/mol. The van der Waals surface area contributed by atoms with Crippen LogP contribution in [0.4, 0.5) is 14.9 Å². The Hall–Kier alpha value is -3.23. The van der Waals surface area contributed by atoms with Crippen molar-refractivity contribution in [2.75, 3.05) is 25.0 Å². The molecule has 1 saturated heterocycles. The van der Waals surface area contributed by atoms with Gasteiger partial charge in [-0.1, -0.05) is 42.5 Å². The first-order chi connectivity index (χ1) is 16.6. The van der Waals surface area contributed by atoms with Crippen molar-refractivity contribution in [3.05, 3.63) is 88.4 Å². The van der Waals surface area contributed by atoms with Gasteiger partial charge in [-0.15, -0.1) is 11.3 Å². The molecule has 34 heavy (non-hydrogen) atoms. The molecule has 1 aliphatic rings. The quantitative estimate of drug-likeness (QED) is 0.461. The predicted molar refractivity (Wildman–Crippen MR) is 131 cm³/mol. The molecule has 2 heterocycles. The third-order valence-electron chi connectivity index (χ3n) is 5.63. The van der Waals surface area contributed by atoms with Gasteiger partial charge in [0, 0.05) is 30.3 Å². The summed E-state index contributed by atoms with van der Waals surface area (Å²) < 4.78 is 19.3. The fourth-order valence-corrected chi connectivity index (χ4v) is 4.63. The number of hydrogen-bond donors (Lipinski definition) is 1. The Morgan fingerprint density at radius 3 is 2.59 bits per heavy atom. The molecule has 1 aliphatic heterocycles. The van der Waals surface area contributed by atoms with E-state index in [4.69, 9.17) is 4.74 Å².